The minimum atomic E-state index is -0.655. The van der Waals surface area contributed by atoms with Gasteiger partial charge in [0.25, 0.3) is 5.91 Å². The predicted octanol–water partition coefficient (Wildman–Crippen LogP) is 2.60. The minimum absolute atomic E-state index is 0.00154. The molecule has 2 aromatic rings. The van der Waals surface area contributed by atoms with Crippen LogP contribution in [0.3, 0.4) is 0 Å². The van der Waals surface area contributed by atoms with Crippen LogP contribution < -0.4 is 5.63 Å². The number of hydrogen-bond acceptors (Lipinski definition) is 5. The van der Waals surface area contributed by atoms with Crippen LogP contribution in [0.25, 0.3) is 11.0 Å². The van der Waals surface area contributed by atoms with Crippen molar-refractivity contribution in [2.75, 3.05) is 13.2 Å². The molecule has 1 aliphatic rings. The Morgan fingerprint density at radius 3 is 2.72 bits per heavy atom. The average molecular weight is 343 g/mol. The van der Waals surface area contributed by atoms with Crippen LogP contribution in [0.15, 0.2) is 39.5 Å². The topological polar surface area (TPSA) is 76.8 Å². The molecule has 0 saturated heterocycles. The highest BCUT2D eigenvalue weighted by molar-refractivity contribution is 5.97. The maximum absolute atomic E-state index is 12.9. The molecular formula is C19H21NO5. The quantitative estimate of drug-likeness (QED) is 0.595. The summed E-state index contributed by atoms with van der Waals surface area (Å²) in [6, 6.07) is 8.69. The normalized spacial score (nSPS) is 15.0. The van der Waals surface area contributed by atoms with Gasteiger partial charge in [0.1, 0.15) is 11.1 Å². The molecule has 6 nitrogen and oxygen atoms in total. The van der Waals surface area contributed by atoms with Crippen LogP contribution in [0, 0.1) is 5.92 Å². The Balaban J connectivity index is 1.87. The lowest BCUT2D eigenvalue weighted by Crippen LogP contribution is -2.40. The molecule has 6 heteroatoms. The number of nitrogens with zero attached hydrogens (tertiary/aromatic N) is 1. The highest BCUT2D eigenvalue weighted by Crippen LogP contribution is 2.29. The Hall–Kier alpha value is -2.63. The summed E-state index contributed by atoms with van der Waals surface area (Å²) in [5.41, 5.74) is -0.207. The largest absolute Gasteiger partial charge is 0.466 e. The summed E-state index contributed by atoms with van der Waals surface area (Å²) in [7, 11) is 0. The second kappa shape index (κ2) is 7.09. The van der Waals surface area contributed by atoms with Gasteiger partial charge in [-0.25, -0.2) is 4.79 Å². The monoisotopic (exact) mass is 343 g/mol. The minimum Gasteiger partial charge on any atom is -0.466 e. The third-order valence-electron chi connectivity index (χ3n) is 4.28. The lowest BCUT2D eigenvalue weighted by atomic mass is 10.1. The molecule has 3 rings (SSSR count). The van der Waals surface area contributed by atoms with Gasteiger partial charge in [0.2, 0.25) is 0 Å². The van der Waals surface area contributed by atoms with Gasteiger partial charge in [0, 0.05) is 18.0 Å². The van der Waals surface area contributed by atoms with Gasteiger partial charge in [0.05, 0.1) is 12.5 Å². The zero-order valence-electron chi connectivity index (χ0n) is 14.4. The molecule has 1 aliphatic carbocycles. The number of fused-ring (bicyclic) bond motifs is 1. The second-order valence-corrected chi connectivity index (χ2v) is 6.33. The number of amides is 1. The van der Waals surface area contributed by atoms with Gasteiger partial charge in [-0.3, -0.25) is 9.59 Å². The maximum Gasteiger partial charge on any atom is 0.349 e. The summed E-state index contributed by atoms with van der Waals surface area (Å²) in [5, 5.41) is 0.694. The van der Waals surface area contributed by atoms with E-state index in [2.05, 4.69) is 0 Å². The number of carbonyl (C=O) groups is 2. The summed E-state index contributed by atoms with van der Waals surface area (Å²) in [6.45, 7) is 4.00. The predicted molar refractivity (Wildman–Crippen MR) is 92.3 cm³/mol. The standard InChI is InChI=1S/C19H21NO5/c1-3-24-18(22)12(2)11-20(14-8-9-14)17(21)15-10-13-6-4-5-7-16(13)25-19(15)23/h4-7,10,12,14H,3,8-9,11H2,1-2H3. The van der Waals surface area contributed by atoms with Gasteiger partial charge in [-0.05, 0) is 31.9 Å². The molecule has 1 amide bonds. The van der Waals surface area contributed by atoms with E-state index in [0.29, 0.717) is 17.6 Å². The van der Waals surface area contributed by atoms with E-state index in [0.717, 1.165) is 12.8 Å². The number of para-hydroxylation sites is 1. The number of rotatable bonds is 6. The number of carbonyl (C=O) groups excluding carboxylic acids is 2. The van der Waals surface area contributed by atoms with E-state index in [1.54, 1.807) is 43.0 Å². The maximum atomic E-state index is 12.9. The summed E-state index contributed by atoms with van der Waals surface area (Å²) in [4.78, 5) is 38.6. The molecule has 1 aromatic heterocycles. The fourth-order valence-corrected chi connectivity index (χ4v) is 2.80. The van der Waals surface area contributed by atoms with Gasteiger partial charge in [-0.15, -0.1) is 0 Å². The van der Waals surface area contributed by atoms with E-state index in [1.807, 2.05) is 6.07 Å². The summed E-state index contributed by atoms with van der Waals surface area (Å²) in [6.07, 6.45) is 1.75. The van der Waals surface area contributed by atoms with E-state index in [9.17, 15) is 14.4 Å². The molecule has 1 saturated carbocycles. The molecule has 0 radical (unpaired) electrons. The van der Waals surface area contributed by atoms with E-state index < -0.39 is 17.5 Å². The number of ether oxygens (including phenoxy) is 1. The lowest BCUT2D eigenvalue weighted by molar-refractivity contribution is -0.147. The fraction of sp³-hybridized carbons (Fsp3) is 0.421. The smallest absolute Gasteiger partial charge is 0.349 e. The Morgan fingerprint density at radius 2 is 2.04 bits per heavy atom. The Labute approximate surface area is 145 Å². The van der Waals surface area contributed by atoms with Crippen LogP contribution in [-0.2, 0) is 9.53 Å². The van der Waals surface area contributed by atoms with Crippen LogP contribution in [0.5, 0.6) is 0 Å². The van der Waals surface area contributed by atoms with E-state index in [-0.39, 0.29) is 24.1 Å². The molecule has 0 spiro atoms. The SMILES string of the molecule is CCOC(=O)C(C)CN(C(=O)c1cc2ccccc2oc1=O)C1CC1. The summed E-state index contributed by atoms with van der Waals surface area (Å²) < 4.78 is 10.3. The van der Waals surface area contributed by atoms with Gasteiger partial charge in [-0.1, -0.05) is 25.1 Å². The van der Waals surface area contributed by atoms with Gasteiger partial charge >= 0.3 is 11.6 Å². The molecule has 1 fully saturated rings. The Morgan fingerprint density at radius 1 is 1.32 bits per heavy atom. The van der Waals surface area contributed by atoms with Crippen LogP contribution in [0.1, 0.15) is 37.0 Å². The van der Waals surface area contributed by atoms with Crippen LogP contribution in [0.4, 0.5) is 0 Å². The third-order valence-corrected chi connectivity index (χ3v) is 4.28. The first-order chi connectivity index (χ1) is 12.0. The van der Waals surface area contributed by atoms with Crippen LogP contribution >= 0.6 is 0 Å². The van der Waals surface area contributed by atoms with Crippen LogP contribution in [0.2, 0.25) is 0 Å². The third kappa shape index (κ3) is 3.73. The average Bonchev–Trinajstić information content (AvgIpc) is 3.43. The van der Waals surface area contributed by atoms with Crippen molar-refractivity contribution in [3.05, 3.63) is 46.3 Å². The van der Waals surface area contributed by atoms with Crippen LogP contribution in [-0.4, -0.2) is 36.0 Å². The van der Waals surface area contributed by atoms with E-state index in [4.69, 9.17) is 9.15 Å². The molecule has 1 atom stereocenters. The molecule has 1 heterocycles. The van der Waals surface area contributed by atoms with E-state index in [1.165, 1.54) is 0 Å². The number of hydrogen-bond donors (Lipinski definition) is 0. The molecule has 25 heavy (non-hydrogen) atoms. The molecular weight excluding hydrogens is 322 g/mol. The van der Waals surface area contributed by atoms with Crippen molar-refractivity contribution in [3.8, 4) is 0 Å². The fourth-order valence-electron chi connectivity index (χ4n) is 2.80. The molecule has 1 aromatic carbocycles. The zero-order valence-corrected chi connectivity index (χ0v) is 14.4. The first kappa shape index (κ1) is 17.2. The highest BCUT2D eigenvalue weighted by Gasteiger charge is 2.36. The van der Waals surface area contributed by atoms with Crippen molar-refractivity contribution in [2.24, 2.45) is 5.92 Å². The zero-order chi connectivity index (χ0) is 18.0. The Bertz CT molecular complexity index is 852. The van der Waals surface area contributed by atoms with Gasteiger partial charge < -0.3 is 14.1 Å². The van der Waals surface area contributed by atoms with Crippen molar-refractivity contribution >= 4 is 22.8 Å². The first-order valence-corrected chi connectivity index (χ1v) is 8.51. The second-order valence-electron chi connectivity index (χ2n) is 6.33. The van der Waals surface area contributed by atoms with Crippen molar-refractivity contribution in [2.45, 2.75) is 32.7 Å². The van der Waals surface area contributed by atoms with Gasteiger partial charge in [0.15, 0.2) is 0 Å². The molecule has 0 aliphatic heterocycles. The van der Waals surface area contributed by atoms with Crippen molar-refractivity contribution in [1.29, 1.82) is 0 Å². The van der Waals surface area contributed by atoms with Crippen molar-refractivity contribution in [1.82, 2.24) is 4.90 Å². The van der Waals surface area contributed by atoms with E-state index >= 15 is 0 Å². The summed E-state index contributed by atoms with van der Waals surface area (Å²) in [5.74, 6) is -1.18. The van der Waals surface area contributed by atoms with Crippen molar-refractivity contribution in [3.63, 3.8) is 0 Å². The molecule has 1 unspecified atom stereocenters. The van der Waals surface area contributed by atoms with Crippen molar-refractivity contribution < 1.29 is 18.7 Å². The highest BCUT2D eigenvalue weighted by atomic mass is 16.5. The molecule has 132 valence electrons. The molecule has 0 bridgehead atoms. The summed E-state index contributed by atoms with van der Waals surface area (Å²) >= 11 is 0. The first-order valence-electron chi connectivity index (χ1n) is 8.51. The van der Waals surface area contributed by atoms with Gasteiger partial charge in [-0.2, -0.15) is 0 Å². The number of benzene rings is 1. The molecule has 0 N–H and O–H groups in total. The lowest BCUT2D eigenvalue weighted by Gasteiger charge is -2.24. The number of esters is 1. The Kier molecular flexibility index (Phi) is 4.88.